The highest BCUT2D eigenvalue weighted by atomic mass is 16.2. The molecule has 0 saturated carbocycles. The quantitative estimate of drug-likeness (QED) is 0.663. The third kappa shape index (κ3) is 1.41. The van der Waals surface area contributed by atoms with Gasteiger partial charge in [-0.2, -0.15) is 0 Å². The summed E-state index contributed by atoms with van der Waals surface area (Å²) in [5, 5.41) is 0. The molecule has 1 aromatic carbocycles. The zero-order chi connectivity index (χ0) is 10.1. The Balaban J connectivity index is 2.46. The molecule has 1 aromatic rings. The van der Waals surface area contributed by atoms with Crippen molar-refractivity contribution in [2.24, 2.45) is 0 Å². The number of carbonyl (C=O) groups is 1. The predicted molar refractivity (Wildman–Crippen MR) is 57.6 cm³/mol. The summed E-state index contributed by atoms with van der Waals surface area (Å²) in [6, 6.07) is 6.44. The van der Waals surface area contributed by atoms with Crippen molar-refractivity contribution in [3.8, 4) is 0 Å². The lowest BCUT2D eigenvalue weighted by molar-refractivity contribution is -0.118. The molecule has 1 aliphatic rings. The van der Waals surface area contributed by atoms with E-state index in [1.165, 1.54) is 11.1 Å². The van der Waals surface area contributed by atoms with Crippen molar-refractivity contribution < 1.29 is 4.79 Å². The molecule has 0 spiro atoms. The smallest absolute Gasteiger partial charge is 0.227 e. The lowest BCUT2D eigenvalue weighted by Crippen LogP contribution is -2.31. The van der Waals surface area contributed by atoms with Gasteiger partial charge >= 0.3 is 0 Å². The SMILES string of the molecule is CCc1ccc2c(c1)N(C)C(=O)CC2. The number of amides is 1. The maximum Gasteiger partial charge on any atom is 0.227 e. The summed E-state index contributed by atoms with van der Waals surface area (Å²) in [5.74, 6) is 0.228. The number of hydrogen-bond acceptors (Lipinski definition) is 1. The second-order valence-corrected chi connectivity index (χ2v) is 3.77. The number of rotatable bonds is 1. The molecule has 2 heteroatoms. The summed E-state index contributed by atoms with van der Waals surface area (Å²) in [7, 11) is 1.86. The van der Waals surface area contributed by atoms with Gasteiger partial charge < -0.3 is 4.90 Å². The van der Waals surface area contributed by atoms with Crippen LogP contribution in [0.15, 0.2) is 18.2 Å². The Morgan fingerprint density at radius 3 is 2.86 bits per heavy atom. The van der Waals surface area contributed by atoms with Crippen LogP contribution in [0.1, 0.15) is 24.5 Å². The monoisotopic (exact) mass is 189 g/mol. The van der Waals surface area contributed by atoms with Gasteiger partial charge in [0.15, 0.2) is 0 Å². The second-order valence-electron chi connectivity index (χ2n) is 3.77. The molecule has 0 radical (unpaired) electrons. The van der Waals surface area contributed by atoms with E-state index in [2.05, 4.69) is 25.1 Å². The van der Waals surface area contributed by atoms with Crippen molar-refractivity contribution in [3.63, 3.8) is 0 Å². The fourth-order valence-electron chi connectivity index (χ4n) is 1.90. The van der Waals surface area contributed by atoms with E-state index in [9.17, 15) is 4.79 Å². The highest BCUT2D eigenvalue weighted by Crippen LogP contribution is 2.27. The molecule has 0 atom stereocenters. The molecule has 0 N–H and O–H groups in total. The van der Waals surface area contributed by atoms with Gasteiger partial charge in [0, 0.05) is 19.2 Å². The highest BCUT2D eigenvalue weighted by molar-refractivity contribution is 5.95. The number of aryl methyl sites for hydroxylation is 2. The van der Waals surface area contributed by atoms with Crippen LogP contribution in [-0.2, 0) is 17.6 Å². The van der Waals surface area contributed by atoms with E-state index in [0.29, 0.717) is 6.42 Å². The van der Waals surface area contributed by atoms with E-state index >= 15 is 0 Å². The van der Waals surface area contributed by atoms with Gasteiger partial charge in [-0.15, -0.1) is 0 Å². The van der Waals surface area contributed by atoms with E-state index in [-0.39, 0.29) is 5.91 Å². The molecule has 0 unspecified atom stereocenters. The van der Waals surface area contributed by atoms with Crippen LogP contribution in [0.3, 0.4) is 0 Å². The molecule has 1 aliphatic heterocycles. The average molecular weight is 189 g/mol. The number of hydrogen-bond donors (Lipinski definition) is 0. The summed E-state index contributed by atoms with van der Waals surface area (Å²) in [6.07, 6.45) is 2.56. The highest BCUT2D eigenvalue weighted by Gasteiger charge is 2.20. The molecule has 2 nitrogen and oxygen atoms in total. The summed E-state index contributed by atoms with van der Waals surface area (Å²) in [6.45, 7) is 2.13. The van der Waals surface area contributed by atoms with Crippen molar-refractivity contribution in [2.45, 2.75) is 26.2 Å². The van der Waals surface area contributed by atoms with Crippen LogP contribution in [-0.4, -0.2) is 13.0 Å². The Bertz CT molecular complexity index is 371. The predicted octanol–water partition coefficient (Wildman–Crippen LogP) is 2.16. The Labute approximate surface area is 84.5 Å². The lowest BCUT2D eigenvalue weighted by atomic mass is 9.99. The minimum atomic E-state index is 0.228. The van der Waals surface area contributed by atoms with Crippen LogP contribution in [0.2, 0.25) is 0 Å². The minimum Gasteiger partial charge on any atom is -0.315 e. The molecule has 74 valence electrons. The Morgan fingerprint density at radius 1 is 1.36 bits per heavy atom. The average Bonchev–Trinajstić information content (AvgIpc) is 2.23. The van der Waals surface area contributed by atoms with Crippen molar-refractivity contribution in [2.75, 3.05) is 11.9 Å². The van der Waals surface area contributed by atoms with Gasteiger partial charge in [-0.1, -0.05) is 19.1 Å². The normalized spacial score (nSPS) is 15.6. The molecule has 0 fully saturated rings. The summed E-state index contributed by atoms with van der Waals surface area (Å²) in [5.41, 5.74) is 3.69. The molecular weight excluding hydrogens is 174 g/mol. The molecule has 0 bridgehead atoms. The topological polar surface area (TPSA) is 20.3 Å². The summed E-state index contributed by atoms with van der Waals surface area (Å²) in [4.78, 5) is 13.3. The Kier molecular flexibility index (Phi) is 2.28. The number of carbonyl (C=O) groups excluding carboxylic acids is 1. The number of benzene rings is 1. The van der Waals surface area contributed by atoms with Crippen LogP contribution < -0.4 is 4.90 Å². The van der Waals surface area contributed by atoms with Crippen LogP contribution >= 0.6 is 0 Å². The van der Waals surface area contributed by atoms with E-state index in [0.717, 1.165) is 18.5 Å². The minimum absolute atomic E-state index is 0.228. The third-order valence-electron chi connectivity index (χ3n) is 2.90. The van der Waals surface area contributed by atoms with Gasteiger partial charge in [0.25, 0.3) is 0 Å². The van der Waals surface area contributed by atoms with E-state index < -0.39 is 0 Å². The maximum absolute atomic E-state index is 11.5. The van der Waals surface area contributed by atoms with Crippen LogP contribution in [0, 0.1) is 0 Å². The molecule has 1 amide bonds. The van der Waals surface area contributed by atoms with E-state index in [4.69, 9.17) is 0 Å². The Morgan fingerprint density at radius 2 is 2.14 bits per heavy atom. The molecular formula is C12H15NO. The number of anilines is 1. The van der Waals surface area contributed by atoms with Gasteiger partial charge in [0.1, 0.15) is 0 Å². The Hall–Kier alpha value is -1.31. The van der Waals surface area contributed by atoms with Gasteiger partial charge in [-0.3, -0.25) is 4.79 Å². The molecule has 0 saturated heterocycles. The third-order valence-corrected chi connectivity index (χ3v) is 2.90. The van der Waals surface area contributed by atoms with Crippen molar-refractivity contribution in [1.29, 1.82) is 0 Å². The standard InChI is InChI=1S/C12H15NO/c1-3-9-4-5-10-6-7-12(14)13(2)11(10)8-9/h4-5,8H,3,6-7H2,1-2H3. The zero-order valence-corrected chi connectivity index (χ0v) is 8.71. The van der Waals surface area contributed by atoms with Gasteiger partial charge in [0.05, 0.1) is 0 Å². The lowest BCUT2D eigenvalue weighted by Gasteiger charge is -2.26. The number of nitrogens with zero attached hydrogens (tertiary/aromatic N) is 1. The molecule has 0 aliphatic carbocycles. The van der Waals surface area contributed by atoms with Gasteiger partial charge in [-0.05, 0) is 30.0 Å². The molecule has 14 heavy (non-hydrogen) atoms. The van der Waals surface area contributed by atoms with E-state index in [1.807, 2.05) is 7.05 Å². The number of fused-ring (bicyclic) bond motifs is 1. The first-order valence-corrected chi connectivity index (χ1v) is 5.10. The maximum atomic E-state index is 11.5. The second kappa shape index (κ2) is 3.45. The molecule has 0 aromatic heterocycles. The fraction of sp³-hybridized carbons (Fsp3) is 0.417. The fourth-order valence-corrected chi connectivity index (χ4v) is 1.90. The van der Waals surface area contributed by atoms with Gasteiger partial charge in [-0.25, -0.2) is 0 Å². The first-order valence-electron chi connectivity index (χ1n) is 5.10. The largest absolute Gasteiger partial charge is 0.315 e. The first-order chi connectivity index (χ1) is 6.72. The van der Waals surface area contributed by atoms with Crippen molar-refractivity contribution in [1.82, 2.24) is 0 Å². The summed E-state index contributed by atoms with van der Waals surface area (Å²) >= 11 is 0. The van der Waals surface area contributed by atoms with Crippen LogP contribution in [0.4, 0.5) is 5.69 Å². The zero-order valence-electron chi connectivity index (χ0n) is 8.71. The van der Waals surface area contributed by atoms with E-state index in [1.54, 1.807) is 4.90 Å². The molecule has 1 heterocycles. The summed E-state index contributed by atoms with van der Waals surface area (Å²) < 4.78 is 0. The van der Waals surface area contributed by atoms with Crippen molar-refractivity contribution >= 4 is 11.6 Å². The van der Waals surface area contributed by atoms with Crippen molar-refractivity contribution in [3.05, 3.63) is 29.3 Å². The van der Waals surface area contributed by atoms with Crippen LogP contribution in [0.5, 0.6) is 0 Å². The molecule has 2 rings (SSSR count). The van der Waals surface area contributed by atoms with Gasteiger partial charge in [0.2, 0.25) is 5.91 Å². The first kappa shape index (κ1) is 9.25. The van der Waals surface area contributed by atoms with Crippen LogP contribution in [0.25, 0.3) is 0 Å².